The van der Waals surface area contributed by atoms with Gasteiger partial charge in [-0.2, -0.15) is 0 Å². The van der Waals surface area contributed by atoms with Crippen molar-refractivity contribution in [1.82, 2.24) is 5.32 Å². The van der Waals surface area contributed by atoms with Crippen LogP contribution in [0.25, 0.3) is 6.08 Å². The molecule has 1 saturated heterocycles. The van der Waals surface area contributed by atoms with Gasteiger partial charge in [0, 0.05) is 4.47 Å². The maximum absolute atomic E-state index is 13.1. The summed E-state index contributed by atoms with van der Waals surface area (Å²) in [5.41, 5.74) is 2.50. The predicted molar refractivity (Wildman–Crippen MR) is 121 cm³/mol. The van der Waals surface area contributed by atoms with Crippen LogP contribution >= 0.6 is 15.9 Å². The van der Waals surface area contributed by atoms with Crippen LogP contribution in [0.1, 0.15) is 16.7 Å². The number of barbiturate groups is 1. The number of carbonyl (C=O) groups excluding carboxylic acids is 3. The Morgan fingerprint density at radius 2 is 1.74 bits per heavy atom. The summed E-state index contributed by atoms with van der Waals surface area (Å²) in [4.78, 5) is 39.0. The van der Waals surface area contributed by atoms with Crippen LogP contribution in [0.4, 0.5) is 10.5 Å². The number of anilines is 1. The second-order valence-electron chi connectivity index (χ2n) is 6.93. The Balaban J connectivity index is 2.05. The van der Waals surface area contributed by atoms with Gasteiger partial charge in [-0.3, -0.25) is 14.9 Å². The monoisotopic (exact) mass is 484 g/mol. The Bertz CT molecular complexity index is 1100. The largest absolute Gasteiger partial charge is 0.493 e. The molecule has 0 bridgehead atoms. The van der Waals surface area contributed by atoms with Crippen molar-refractivity contribution < 1.29 is 23.9 Å². The van der Waals surface area contributed by atoms with E-state index in [1.54, 1.807) is 30.3 Å². The topological polar surface area (TPSA) is 84.9 Å². The Morgan fingerprint density at radius 3 is 2.35 bits per heavy atom. The number of benzene rings is 2. The highest BCUT2D eigenvalue weighted by atomic mass is 79.9. The van der Waals surface area contributed by atoms with E-state index in [0.29, 0.717) is 27.2 Å². The number of imide groups is 2. The summed E-state index contributed by atoms with van der Waals surface area (Å²) < 4.78 is 11.5. The fraction of sp³-hybridized carbons (Fsp3) is 0.174. The van der Waals surface area contributed by atoms with Gasteiger partial charge in [-0.1, -0.05) is 34.7 Å². The van der Waals surface area contributed by atoms with E-state index in [0.717, 1.165) is 16.0 Å². The number of carbonyl (C=O) groups is 3. The minimum atomic E-state index is -0.790. The molecule has 1 aliphatic rings. The molecule has 2 aromatic carbocycles. The fourth-order valence-electron chi connectivity index (χ4n) is 3.21. The van der Waals surface area contributed by atoms with E-state index < -0.39 is 17.8 Å². The van der Waals surface area contributed by atoms with Gasteiger partial charge >= 0.3 is 6.03 Å². The third-order valence-electron chi connectivity index (χ3n) is 4.51. The van der Waals surface area contributed by atoms with Crippen LogP contribution in [0.3, 0.4) is 0 Å². The summed E-state index contributed by atoms with van der Waals surface area (Å²) in [5, 5.41) is 2.23. The molecule has 0 aliphatic carbocycles. The molecule has 7 nitrogen and oxygen atoms in total. The highest BCUT2D eigenvalue weighted by Gasteiger charge is 2.37. The molecule has 1 fully saturated rings. The first-order chi connectivity index (χ1) is 14.7. The van der Waals surface area contributed by atoms with Gasteiger partial charge in [-0.15, -0.1) is 0 Å². The van der Waals surface area contributed by atoms with Crippen molar-refractivity contribution in [2.75, 3.05) is 18.6 Å². The summed E-state index contributed by atoms with van der Waals surface area (Å²) in [6, 6.07) is 7.87. The molecule has 1 N–H and O–H groups in total. The number of rotatable bonds is 6. The third kappa shape index (κ3) is 4.69. The fourth-order valence-corrected chi connectivity index (χ4v) is 3.65. The number of halogens is 1. The van der Waals surface area contributed by atoms with Crippen molar-refractivity contribution in [1.29, 1.82) is 0 Å². The number of aryl methyl sites for hydroxylation is 2. The average Bonchev–Trinajstić information content (AvgIpc) is 2.69. The van der Waals surface area contributed by atoms with Gasteiger partial charge < -0.3 is 9.47 Å². The van der Waals surface area contributed by atoms with Crippen molar-refractivity contribution in [3.8, 4) is 11.5 Å². The molecule has 31 heavy (non-hydrogen) atoms. The zero-order valence-electron chi connectivity index (χ0n) is 17.3. The second-order valence-corrected chi connectivity index (χ2v) is 7.78. The van der Waals surface area contributed by atoms with Crippen LogP contribution in [0.5, 0.6) is 11.5 Å². The first-order valence-electron chi connectivity index (χ1n) is 9.36. The van der Waals surface area contributed by atoms with Crippen LogP contribution in [0, 0.1) is 13.8 Å². The second kappa shape index (κ2) is 9.18. The molecule has 1 aliphatic heterocycles. The molecular weight excluding hydrogens is 464 g/mol. The van der Waals surface area contributed by atoms with Crippen LogP contribution in [0.15, 0.2) is 53.0 Å². The van der Waals surface area contributed by atoms with E-state index in [4.69, 9.17) is 9.47 Å². The number of urea groups is 1. The van der Waals surface area contributed by atoms with Gasteiger partial charge in [-0.05, 0) is 60.9 Å². The molecular formula is C23H21BrN2O5. The van der Waals surface area contributed by atoms with Gasteiger partial charge in [0.05, 0.1) is 12.8 Å². The lowest BCUT2D eigenvalue weighted by Gasteiger charge is -2.27. The van der Waals surface area contributed by atoms with Crippen molar-refractivity contribution in [2.24, 2.45) is 0 Å². The first-order valence-corrected chi connectivity index (χ1v) is 10.2. The van der Waals surface area contributed by atoms with Gasteiger partial charge in [0.1, 0.15) is 12.2 Å². The summed E-state index contributed by atoms with van der Waals surface area (Å²) in [6.07, 6.45) is 3.01. The van der Waals surface area contributed by atoms with E-state index in [1.165, 1.54) is 13.2 Å². The molecule has 4 amide bonds. The molecule has 8 heteroatoms. The van der Waals surface area contributed by atoms with E-state index >= 15 is 0 Å². The number of amides is 4. The SMILES string of the molecule is C=CCOc1cc(Br)c(/C=C2\C(=O)NC(=O)N(c3cc(C)cc(C)c3)C2=O)cc1OC. The summed E-state index contributed by atoms with van der Waals surface area (Å²) in [5.74, 6) is -0.587. The third-order valence-corrected chi connectivity index (χ3v) is 5.19. The number of nitrogens with zero attached hydrogens (tertiary/aromatic N) is 1. The number of hydrogen-bond donors (Lipinski definition) is 1. The number of nitrogens with one attached hydrogen (secondary N) is 1. The lowest BCUT2D eigenvalue weighted by atomic mass is 10.0. The van der Waals surface area contributed by atoms with E-state index in [2.05, 4.69) is 27.8 Å². The van der Waals surface area contributed by atoms with Crippen LogP contribution in [-0.4, -0.2) is 31.6 Å². The molecule has 0 atom stereocenters. The van der Waals surface area contributed by atoms with Crippen LogP contribution < -0.4 is 19.7 Å². The Labute approximate surface area is 188 Å². The highest BCUT2D eigenvalue weighted by molar-refractivity contribution is 9.10. The summed E-state index contributed by atoms with van der Waals surface area (Å²) in [7, 11) is 1.49. The zero-order valence-corrected chi connectivity index (χ0v) is 18.9. The minimum Gasteiger partial charge on any atom is -0.493 e. The number of hydrogen-bond acceptors (Lipinski definition) is 5. The highest BCUT2D eigenvalue weighted by Crippen LogP contribution is 2.35. The maximum atomic E-state index is 13.1. The number of methoxy groups -OCH3 is 1. The van der Waals surface area contributed by atoms with Crippen molar-refractivity contribution in [2.45, 2.75) is 13.8 Å². The summed E-state index contributed by atoms with van der Waals surface area (Å²) >= 11 is 3.43. The Kier molecular flexibility index (Phi) is 6.60. The molecule has 1 heterocycles. The summed E-state index contributed by atoms with van der Waals surface area (Å²) in [6.45, 7) is 7.63. The van der Waals surface area contributed by atoms with Gasteiger partial charge in [0.15, 0.2) is 11.5 Å². The standard InChI is InChI=1S/C23H21BrN2O5/c1-5-6-31-20-12-18(24)15(11-19(20)30-4)10-17-21(27)25-23(29)26(22(17)28)16-8-13(2)7-14(3)9-16/h5,7-12H,1,6H2,2-4H3,(H,25,27,29)/b17-10+. The quantitative estimate of drug-likeness (QED) is 0.375. The number of ether oxygens (including phenoxy) is 2. The van der Waals surface area contributed by atoms with E-state index in [-0.39, 0.29) is 12.2 Å². The zero-order chi connectivity index (χ0) is 22.7. The van der Waals surface area contributed by atoms with Gasteiger partial charge in [-0.25, -0.2) is 9.69 Å². The van der Waals surface area contributed by atoms with Gasteiger partial charge in [0.25, 0.3) is 11.8 Å². The first kappa shape index (κ1) is 22.3. The van der Waals surface area contributed by atoms with Gasteiger partial charge in [0.2, 0.25) is 0 Å². The van der Waals surface area contributed by atoms with Crippen molar-refractivity contribution >= 4 is 45.5 Å². The van der Waals surface area contributed by atoms with E-state index in [9.17, 15) is 14.4 Å². The molecule has 0 saturated carbocycles. The predicted octanol–water partition coefficient (Wildman–Crippen LogP) is 4.31. The minimum absolute atomic E-state index is 0.179. The average molecular weight is 485 g/mol. The molecule has 160 valence electrons. The molecule has 0 radical (unpaired) electrons. The van der Waals surface area contributed by atoms with Crippen LogP contribution in [0.2, 0.25) is 0 Å². The Hall–Kier alpha value is -3.39. The molecule has 0 aromatic heterocycles. The Morgan fingerprint density at radius 1 is 1.06 bits per heavy atom. The van der Waals surface area contributed by atoms with E-state index in [1.807, 2.05) is 19.9 Å². The molecule has 0 spiro atoms. The van der Waals surface area contributed by atoms with Crippen molar-refractivity contribution in [3.05, 3.63) is 69.7 Å². The lowest BCUT2D eigenvalue weighted by molar-refractivity contribution is -0.122. The molecule has 2 aromatic rings. The molecule has 3 rings (SSSR count). The lowest BCUT2D eigenvalue weighted by Crippen LogP contribution is -2.54. The molecule has 0 unspecified atom stereocenters. The smallest absolute Gasteiger partial charge is 0.335 e. The van der Waals surface area contributed by atoms with Crippen molar-refractivity contribution in [3.63, 3.8) is 0 Å². The maximum Gasteiger partial charge on any atom is 0.335 e. The normalized spacial score (nSPS) is 15.2. The van der Waals surface area contributed by atoms with Crippen LogP contribution in [-0.2, 0) is 9.59 Å².